The van der Waals surface area contributed by atoms with Crippen molar-refractivity contribution in [2.45, 2.75) is 45.2 Å². The van der Waals surface area contributed by atoms with Crippen molar-refractivity contribution in [2.24, 2.45) is 11.8 Å². The zero-order valence-electron chi connectivity index (χ0n) is 22.9. The fourth-order valence-corrected chi connectivity index (χ4v) is 5.61. The fraction of sp³-hybridized carbons (Fsp3) is 0.414. The van der Waals surface area contributed by atoms with E-state index in [2.05, 4.69) is 26.3 Å². The van der Waals surface area contributed by atoms with Gasteiger partial charge in [0.2, 0.25) is 23.5 Å². The number of amides is 3. The number of ketones is 1. The average Bonchev–Trinajstić information content (AvgIpc) is 3.56. The van der Waals surface area contributed by atoms with Crippen LogP contribution >= 0.6 is 11.3 Å². The van der Waals surface area contributed by atoms with Gasteiger partial charge in [0.25, 0.3) is 0 Å². The Bertz CT molecular complexity index is 1340. The Hall–Kier alpha value is -3.99. The minimum absolute atomic E-state index is 0.0502. The highest BCUT2D eigenvalue weighted by molar-refractivity contribution is 7.20. The lowest BCUT2D eigenvalue weighted by Gasteiger charge is -2.24. The van der Waals surface area contributed by atoms with E-state index < -0.39 is 23.9 Å². The highest BCUT2D eigenvalue weighted by Gasteiger charge is 2.34. The lowest BCUT2D eigenvalue weighted by Crippen LogP contribution is -2.53. The molecule has 10 nitrogen and oxygen atoms in total. The Kier molecular flexibility index (Phi) is 9.70. The van der Waals surface area contributed by atoms with Crippen molar-refractivity contribution in [3.8, 4) is 5.75 Å². The largest absolute Gasteiger partial charge is 0.497 e. The van der Waals surface area contributed by atoms with Gasteiger partial charge in [-0.2, -0.15) is 0 Å². The predicted molar refractivity (Wildman–Crippen MR) is 154 cm³/mol. The summed E-state index contributed by atoms with van der Waals surface area (Å²) in [5.74, 6) is -0.956. The van der Waals surface area contributed by atoms with E-state index in [4.69, 9.17) is 4.74 Å². The van der Waals surface area contributed by atoms with Gasteiger partial charge in [0.15, 0.2) is 5.01 Å². The molecule has 0 bridgehead atoms. The Morgan fingerprint density at radius 1 is 1.10 bits per heavy atom. The number of hydrogen-bond donors (Lipinski definition) is 4. The molecular weight excluding hydrogens is 530 g/mol. The molecule has 1 aliphatic heterocycles. The van der Waals surface area contributed by atoms with E-state index in [1.165, 1.54) is 11.3 Å². The highest BCUT2D eigenvalue weighted by atomic mass is 32.1. The Balaban J connectivity index is 1.47. The summed E-state index contributed by atoms with van der Waals surface area (Å²) < 4.78 is 6.07. The van der Waals surface area contributed by atoms with Gasteiger partial charge in [-0.15, -0.1) is 11.3 Å². The second kappa shape index (κ2) is 13.4. The second-order valence-corrected chi connectivity index (χ2v) is 11.3. The van der Waals surface area contributed by atoms with Gasteiger partial charge in [0.1, 0.15) is 11.8 Å². The van der Waals surface area contributed by atoms with Crippen molar-refractivity contribution >= 4 is 50.7 Å². The number of carbonyl (C=O) groups is 4. The summed E-state index contributed by atoms with van der Waals surface area (Å²) in [6.07, 6.45) is 1.12. The van der Waals surface area contributed by atoms with Gasteiger partial charge in [-0.3, -0.25) is 19.2 Å². The quantitative estimate of drug-likeness (QED) is 0.234. The molecule has 3 amide bonds. The van der Waals surface area contributed by atoms with Crippen LogP contribution in [-0.2, 0) is 14.4 Å². The number of nitrogens with zero attached hydrogens (tertiary/aromatic N) is 1. The highest BCUT2D eigenvalue weighted by Crippen LogP contribution is 2.25. The van der Waals surface area contributed by atoms with Crippen LogP contribution in [-0.4, -0.2) is 60.8 Å². The minimum atomic E-state index is -0.955. The fourth-order valence-electron chi connectivity index (χ4n) is 4.65. The summed E-state index contributed by atoms with van der Waals surface area (Å²) in [6.45, 7) is 4.39. The summed E-state index contributed by atoms with van der Waals surface area (Å²) in [4.78, 5) is 56.7. The first-order chi connectivity index (χ1) is 19.2. The van der Waals surface area contributed by atoms with Gasteiger partial charge in [0, 0.05) is 24.2 Å². The number of thiazole rings is 1. The van der Waals surface area contributed by atoms with Crippen molar-refractivity contribution in [2.75, 3.05) is 25.5 Å². The number of nitrogens with one attached hydrogen (secondary N) is 4. The zero-order valence-corrected chi connectivity index (χ0v) is 23.7. The van der Waals surface area contributed by atoms with Crippen LogP contribution in [0.4, 0.5) is 5.69 Å². The van der Waals surface area contributed by atoms with Crippen LogP contribution in [0.15, 0.2) is 48.5 Å². The van der Waals surface area contributed by atoms with Crippen molar-refractivity contribution in [3.63, 3.8) is 0 Å². The lowest BCUT2D eigenvalue weighted by atomic mass is 9.95. The molecule has 4 N–H and O–H groups in total. The molecule has 1 fully saturated rings. The van der Waals surface area contributed by atoms with Gasteiger partial charge < -0.3 is 26.0 Å². The number of hydrogen-bond acceptors (Lipinski definition) is 8. The van der Waals surface area contributed by atoms with E-state index in [0.717, 1.165) is 4.70 Å². The van der Waals surface area contributed by atoms with Crippen LogP contribution in [0, 0.1) is 11.8 Å². The van der Waals surface area contributed by atoms with Gasteiger partial charge in [-0.25, -0.2) is 4.98 Å². The van der Waals surface area contributed by atoms with Gasteiger partial charge >= 0.3 is 0 Å². The van der Waals surface area contributed by atoms with Crippen LogP contribution < -0.4 is 26.0 Å². The van der Waals surface area contributed by atoms with E-state index in [9.17, 15) is 19.2 Å². The number of methoxy groups -OCH3 is 1. The number of para-hydroxylation sites is 1. The van der Waals surface area contributed by atoms with Crippen molar-refractivity contribution < 1.29 is 23.9 Å². The number of Topliss-reactive ketones (excluding diaryl/α,β-unsaturated/α-hetero) is 1. The third-order valence-corrected chi connectivity index (χ3v) is 7.75. The maximum Gasteiger partial charge on any atom is 0.243 e. The van der Waals surface area contributed by atoms with Crippen LogP contribution in [0.25, 0.3) is 10.2 Å². The molecule has 3 aromatic rings. The van der Waals surface area contributed by atoms with Crippen LogP contribution in [0.3, 0.4) is 0 Å². The standard InChI is InChI=1S/C29H35N5O5S/c1-17(2)13-23(32-25(35)16-31-19-7-6-8-20(15-19)39-3)28(38)33-22(14-18-11-12-30-27(18)37)26(36)29-34-21-9-4-5-10-24(21)40-29/h4-10,15,17-18,22-23,31H,11-14,16H2,1-3H3,(H,30,37)(H,32,35)(H,33,38)/t18-,22-,23-/m0/s1. The third kappa shape index (κ3) is 7.56. The molecule has 0 radical (unpaired) electrons. The lowest BCUT2D eigenvalue weighted by molar-refractivity contribution is -0.129. The summed E-state index contributed by atoms with van der Waals surface area (Å²) in [5, 5.41) is 11.8. The second-order valence-electron chi connectivity index (χ2n) is 10.3. The molecule has 2 heterocycles. The molecule has 4 rings (SSSR count). The van der Waals surface area contributed by atoms with Crippen molar-refractivity contribution in [1.29, 1.82) is 0 Å². The van der Waals surface area contributed by atoms with Crippen LogP contribution in [0.1, 0.15) is 42.9 Å². The van der Waals surface area contributed by atoms with Crippen LogP contribution in [0.2, 0.25) is 0 Å². The first-order valence-corrected chi connectivity index (χ1v) is 14.2. The number of carbonyl (C=O) groups excluding carboxylic acids is 4. The van der Waals surface area contributed by atoms with Crippen molar-refractivity contribution in [1.82, 2.24) is 20.9 Å². The molecule has 0 unspecified atom stereocenters. The van der Waals surface area contributed by atoms with Crippen LogP contribution in [0.5, 0.6) is 5.75 Å². The number of aromatic nitrogens is 1. The van der Waals surface area contributed by atoms with Crippen molar-refractivity contribution in [3.05, 3.63) is 53.5 Å². The zero-order chi connectivity index (χ0) is 28.6. The number of benzene rings is 2. The Morgan fingerprint density at radius 2 is 1.90 bits per heavy atom. The summed E-state index contributed by atoms with van der Waals surface area (Å²) >= 11 is 1.26. The minimum Gasteiger partial charge on any atom is -0.497 e. The van der Waals surface area contributed by atoms with E-state index in [1.807, 2.05) is 44.2 Å². The molecule has 0 spiro atoms. The number of ether oxygens (including phenoxy) is 1. The van der Waals surface area contributed by atoms with E-state index in [0.29, 0.717) is 36.3 Å². The molecule has 11 heteroatoms. The number of rotatable bonds is 13. The molecule has 1 aromatic heterocycles. The maximum absolute atomic E-state index is 13.6. The first kappa shape index (κ1) is 29.0. The first-order valence-electron chi connectivity index (χ1n) is 13.4. The van der Waals surface area contributed by atoms with Gasteiger partial charge in [0.05, 0.1) is 29.9 Å². The van der Waals surface area contributed by atoms with Gasteiger partial charge in [-0.05, 0) is 49.4 Å². The molecule has 3 atom stereocenters. The van der Waals surface area contributed by atoms with Gasteiger partial charge in [-0.1, -0.05) is 32.0 Å². The molecule has 1 aliphatic rings. The summed E-state index contributed by atoms with van der Waals surface area (Å²) in [6, 6.07) is 12.8. The molecule has 40 heavy (non-hydrogen) atoms. The van der Waals surface area contributed by atoms with E-state index >= 15 is 0 Å². The summed E-state index contributed by atoms with van der Waals surface area (Å²) in [7, 11) is 1.56. The van der Waals surface area contributed by atoms with E-state index in [1.54, 1.807) is 25.3 Å². The predicted octanol–water partition coefficient (Wildman–Crippen LogP) is 3.14. The topological polar surface area (TPSA) is 139 Å². The Morgan fingerprint density at radius 3 is 2.60 bits per heavy atom. The molecule has 0 saturated carbocycles. The smallest absolute Gasteiger partial charge is 0.243 e. The molecule has 2 aromatic carbocycles. The molecule has 1 saturated heterocycles. The SMILES string of the molecule is COc1cccc(NCC(=O)N[C@@H](CC(C)C)C(=O)N[C@@H](C[C@@H]2CCNC2=O)C(=O)c2nc3ccccc3s2)c1. The van der Waals surface area contributed by atoms with E-state index in [-0.39, 0.29) is 41.5 Å². The normalized spacial score (nSPS) is 16.3. The maximum atomic E-state index is 13.6. The number of fused-ring (bicyclic) bond motifs is 1. The molecular formula is C29H35N5O5S. The average molecular weight is 566 g/mol. The monoisotopic (exact) mass is 565 g/mol. The summed E-state index contributed by atoms with van der Waals surface area (Å²) in [5.41, 5.74) is 1.41. The molecule has 0 aliphatic carbocycles. The number of anilines is 1. The Labute approximate surface area is 237 Å². The molecule has 212 valence electrons. The third-order valence-electron chi connectivity index (χ3n) is 6.70.